The molecule has 0 bridgehead atoms. The van der Waals surface area contributed by atoms with Crippen LogP contribution in [0.15, 0.2) is 0 Å². The molecule has 2 heteroatoms. The summed E-state index contributed by atoms with van der Waals surface area (Å²) < 4.78 is 0. The lowest BCUT2D eigenvalue weighted by molar-refractivity contribution is -0.121. The van der Waals surface area contributed by atoms with Gasteiger partial charge in [0.25, 0.3) is 0 Å². The van der Waals surface area contributed by atoms with E-state index in [1.807, 2.05) is 6.92 Å². The second kappa shape index (κ2) is 18.3. The number of carbonyl (C=O) groups is 1. The Morgan fingerprint density at radius 1 is 0.680 bits per heavy atom. The summed E-state index contributed by atoms with van der Waals surface area (Å²) in [6.45, 7) is 8.52. The number of rotatable bonds is 18. The molecule has 149 valence electrons. The molecule has 25 heavy (non-hydrogen) atoms. The van der Waals surface area contributed by atoms with Crippen molar-refractivity contribution >= 4 is 5.91 Å². The van der Waals surface area contributed by atoms with E-state index in [0.29, 0.717) is 12.3 Å². The van der Waals surface area contributed by atoms with Crippen LogP contribution in [0.1, 0.15) is 130 Å². The quantitative estimate of drug-likeness (QED) is 0.253. The lowest BCUT2D eigenvalue weighted by atomic mass is 10.0. The molecular formula is C23H46NO. The van der Waals surface area contributed by atoms with Gasteiger partial charge >= 0.3 is 0 Å². The molecule has 0 aromatic carbocycles. The van der Waals surface area contributed by atoms with Crippen LogP contribution < -0.4 is 5.32 Å². The summed E-state index contributed by atoms with van der Waals surface area (Å²) in [6, 6.07) is 1.09. The fourth-order valence-corrected chi connectivity index (χ4v) is 3.08. The highest BCUT2D eigenvalue weighted by Crippen LogP contribution is 2.14. The second-order valence-corrected chi connectivity index (χ2v) is 8.09. The molecule has 1 N–H and O–H groups in total. The molecule has 0 aliphatic rings. The topological polar surface area (TPSA) is 29.1 Å². The van der Waals surface area contributed by atoms with Gasteiger partial charge in [0.15, 0.2) is 0 Å². The molecule has 0 fully saturated rings. The van der Waals surface area contributed by atoms with Gasteiger partial charge in [0.1, 0.15) is 0 Å². The summed E-state index contributed by atoms with van der Waals surface area (Å²) in [6.07, 6.45) is 21.2. The molecule has 0 spiro atoms. The predicted octanol–water partition coefficient (Wildman–Crippen LogP) is 7.57. The molecule has 0 heterocycles. The Kier molecular flexibility index (Phi) is 17.9. The highest BCUT2D eigenvalue weighted by Gasteiger charge is 2.10. The van der Waals surface area contributed by atoms with Crippen LogP contribution in [0, 0.1) is 12.0 Å². The van der Waals surface area contributed by atoms with E-state index in [-0.39, 0.29) is 5.91 Å². The lowest BCUT2D eigenvalue weighted by Crippen LogP contribution is -2.29. The number of hydrogen-bond acceptors (Lipinski definition) is 1. The van der Waals surface area contributed by atoms with Gasteiger partial charge < -0.3 is 5.32 Å². The summed E-state index contributed by atoms with van der Waals surface area (Å²) >= 11 is 0. The Morgan fingerprint density at radius 3 is 1.40 bits per heavy atom. The highest BCUT2D eigenvalue weighted by molar-refractivity contribution is 5.77. The van der Waals surface area contributed by atoms with Crippen LogP contribution >= 0.6 is 0 Å². The van der Waals surface area contributed by atoms with Gasteiger partial charge in [0, 0.05) is 6.42 Å². The van der Waals surface area contributed by atoms with E-state index < -0.39 is 0 Å². The predicted molar refractivity (Wildman–Crippen MR) is 111 cm³/mol. The molecule has 0 aliphatic heterocycles. The number of nitrogens with one attached hydrogen (secondary N) is 1. The van der Waals surface area contributed by atoms with Crippen molar-refractivity contribution in [3.63, 3.8) is 0 Å². The van der Waals surface area contributed by atoms with Gasteiger partial charge in [-0.05, 0) is 19.3 Å². The van der Waals surface area contributed by atoms with Gasteiger partial charge in [-0.3, -0.25) is 4.79 Å². The van der Waals surface area contributed by atoms with Crippen molar-refractivity contribution in [3.8, 4) is 0 Å². The third-order valence-electron chi connectivity index (χ3n) is 5.21. The smallest absolute Gasteiger partial charge is 0.220 e. The van der Waals surface area contributed by atoms with Crippen molar-refractivity contribution in [2.75, 3.05) is 0 Å². The third-order valence-corrected chi connectivity index (χ3v) is 5.21. The number of amides is 1. The normalized spacial score (nSPS) is 11.4. The van der Waals surface area contributed by atoms with Crippen molar-refractivity contribution in [2.45, 2.75) is 130 Å². The molecule has 1 radical (unpaired) electrons. The van der Waals surface area contributed by atoms with Crippen LogP contribution in [0.5, 0.6) is 0 Å². The number of carbonyl (C=O) groups excluding carboxylic acids is 1. The van der Waals surface area contributed by atoms with E-state index >= 15 is 0 Å². The van der Waals surface area contributed by atoms with Gasteiger partial charge in [-0.1, -0.05) is 111 Å². The maximum absolute atomic E-state index is 11.8. The van der Waals surface area contributed by atoms with Crippen molar-refractivity contribution in [1.29, 1.82) is 0 Å². The number of hydrogen-bond donors (Lipinski definition) is 1. The Bertz CT molecular complexity index is 288. The van der Waals surface area contributed by atoms with Gasteiger partial charge in [-0.15, -0.1) is 0 Å². The van der Waals surface area contributed by atoms with Gasteiger partial charge in [-0.25, -0.2) is 0 Å². The Balaban J connectivity index is 3.17. The summed E-state index contributed by atoms with van der Waals surface area (Å²) in [5.41, 5.74) is 0. The first kappa shape index (κ1) is 24.5. The standard InChI is InChI=1S/C23H46NO/c1-5-6-7-8-9-10-11-12-13-14-15-16-17-18-19-20-23(25)24-22(4)21(2)3/h21H,5-20H2,1-4H3,(H,24,25). The summed E-state index contributed by atoms with van der Waals surface area (Å²) in [4.78, 5) is 11.8. The van der Waals surface area contributed by atoms with Gasteiger partial charge in [0.2, 0.25) is 5.91 Å². The molecule has 0 aliphatic carbocycles. The molecule has 2 nitrogen and oxygen atoms in total. The second-order valence-electron chi connectivity index (χ2n) is 8.09. The molecule has 0 unspecified atom stereocenters. The van der Waals surface area contributed by atoms with E-state index in [2.05, 4.69) is 26.1 Å². The zero-order valence-corrected chi connectivity index (χ0v) is 17.8. The zero-order chi connectivity index (χ0) is 18.8. The molecule has 1 amide bonds. The lowest BCUT2D eigenvalue weighted by Gasteiger charge is -2.16. The fraction of sp³-hybridized carbons (Fsp3) is 0.913. The zero-order valence-electron chi connectivity index (χ0n) is 17.8. The van der Waals surface area contributed by atoms with Crippen molar-refractivity contribution < 1.29 is 4.79 Å². The average Bonchev–Trinajstić information content (AvgIpc) is 2.58. The van der Waals surface area contributed by atoms with Crippen molar-refractivity contribution in [3.05, 3.63) is 6.04 Å². The van der Waals surface area contributed by atoms with Crippen LogP contribution in [0.2, 0.25) is 0 Å². The van der Waals surface area contributed by atoms with Crippen LogP contribution in [0.3, 0.4) is 0 Å². The fourth-order valence-electron chi connectivity index (χ4n) is 3.08. The first-order valence-corrected chi connectivity index (χ1v) is 11.2. The third kappa shape index (κ3) is 18.1. The largest absolute Gasteiger partial charge is 0.348 e. The van der Waals surface area contributed by atoms with Crippen LogP contribution in [0.25, 0.3) is 0 Å². The maximum Gasteiger partial charge on any atom is 0.220 e. The molecule has 0 aromatic rings. The summed E-state index contributed by atoms with van der Waals surface area (Å²) in [5, 5.41) is 3.01. The first-order valence-electron chi connectivity index (χ1n) is 11.2. The molecular weight excluding hydrogens is 306 g/mol. The van der Waals surface area contributed by atoms with Crippen LogP contribution in [0.4, 0.5) is 0 Å². The monoisotopic (exact) mass is 352 g/mol. The van der Waals surface area contributed by atoms with E-state index in [1.165, 1.54) is 89.9 Å². The molecule has 0 saturated heterocycles. The first-order chi connectivity index (χ1) is 12.1. The Morgan fingerprint density at radius 2 is 1.04 bits per heavy atom. The van der Waals surface area contributed by atoms with Crippen molar-refractivity contribution in [2.24, 2.45) is 5.92 Å². The van der Waals surface area contributed by atoms with E-state index in [4.69, 9.17) is 0 Å². The SMILES string of the molecule is CCCCCCCCCCCCCCCCCC(=O)N[C](C)C(C)C. The summed E-state index contributed by atoms with van der Waals surface area (Å²) in [5.74, 6) is 0.630. The number of unbranched alkanes of at least 4 members (excludes halogenated alkanes) is 14. The van der Waals surface area contributed by atoms with E-state index in [1.54, 1.807) is 0 Å². The van der Waals surface area contributed by atoms with Gasteiger partial charge in [0.05, 0.1) is 6.04 Å². The molecule has 0 saturated carbocycles. The Hall–Kier alpha value is -0.530. The molecule has 0 atom stereocenters. The minimum Gasteiger partial charge on any atom is -0.348 e. The van der Waals surface area contributed by atoms with Crippen LogP contribution in [-0.2, 0) is 4.79 Å². The van der Waals surface area contributed by atoms with Crippen molar-refractivity contribution in [1.82, 2.24) is 5.32 Å². The molecule has 0 rings (SSSR count). The van der Waals surface area contributed by atoms with Crippen LogP contribution in [-0.4, -0.2) is 5.91 Å². The maximum atomic E-state index is 11.8. The Labute approximate surface area is 158 Å². The minimum atomic E-state index is 0.195. The van der Waals surface area contributed by atoms with E-state index in [9.17, 15) is 4.79 Å². The average molecular weight is 353 g/mol. The molecule has 0 aromatic heterocycles. The van der Waals surface area contributed by atoms with E-state index in [0.717, 1.165) is 12.5 Å². The highest BCUT2D eigenvalue weighted by atomic mass is 16.1. The minimum absolute atomic E-state index is 0.195. The van der Waals surface area contributed by atoms with Gasteiger partial charge in [-0.2, -0.15) is 0 Å². The summed E-state index contributed by atoms with van der Waals surface area (Å²) in [7, 11) is 0.